The van der Waals surface area contributed by atoms with Gasteiger partial charge >= 0.3 is 5.97 Å². The molecule has 2 aromatic heterocycles. The SMILES string of the molecule is Cc1[nH][nH]c(=O)c1CC(=O)N1CCC2(CC1)OCCc1cc(C(=O)O)sc12. The van der Waals surface area contributed by atoms with Crippen LogP contribution in [0.5, 0.6) is 0 Å². The lowest BCUT2D eigenvalue weighted by Crippen LogP contribution is -2.48. The van der Waals surface area contributed by atoms with Crippen molar-refractivity contribution in [2.45, 2.75) is 38.2 Å². The van der Waals surface area contributed by atoms with Crippen LogP contribution in [0.4, 0.5) is 0 Å². The van der Waals surface area contributed by atoms with Crippen molar-refractivity contribution in [3.05, 3.63) is 43.0 Å². The summed E-state index contributed by atoms with van der Waals surface area (Å²) >= 11 is 1.29. The van der Waals surface area contributed by atoms with Gasteiger partial charge in [-0.25, -0.2) is 4.79 Å². The van der Waals surface area contributed by atoms with Gasteiger partial charge in [-0.3, -0.25) is 14.7 Å². The molecule has 0 aliphatic carbocycles. The third-order valence-corrected chi connectivity index (χ3v) is 6.88. The van der Waals surface area contributed by atoms with Crippen LogP contribution < -0.4 is 5.56 Å². The van der Waals surface area contributed by atoms with Crippen LogP contribution in [0.1, 0.15) is 44.2 Å². The van der Waals surface area contributed by atoms with Crippen LogP contribution in [0.15, 0.2) is 10.9 Å². The molecule has 144 valence electrons. The van der Waals surface area contributed by atoms with Gasteiger partial charge < -0.3 is 19.8 Å². The number of piperidine rings is 1. The Hall–Kier alpha value is -2.39. The van der Waals surface area contributed by atoms with Gasteiger partial charge in [-0.15, -0.1) is 11.3 Å². The van der Waals surface area contributed by atoms with E-state index in [2.05, 4.69) is 10.2 Å². The average Bonchev–Trinajstić information content (AvgIpc) is 3.22. The smallest absolute Gasteiger partial charge is 0.345 e. The molecule has 8 nitrogen and oxygen atoms in total. The minimum Gasteiger partial charge on any atom is -0.477 e. The summed E-state index contributed by atoms with van der Waals surface area (Å²) in [7, 11) is 0. The number of thiophene rings is 1. The highest BCUT2D eigenvalue weighted by Gasteiger charge is 2.43. The fourth-order valence-electron chi connectivity index (χ4n) is 3.96. The van der Waals surface area contributed by atoms with Crippen molar-refractivity contribution >= 4 is 23.2 Å². The molecule has 2 aliphatic rings. The van der Waals surface area contributed by atoms with Crippen LogP contribution in [0.3, 0.4) is 0 Å². The zero-order valence-electron chi connectivity index (χ0n) is 15.0. The second kappa shape index (κ2) is 6.65. The van der Waals surface area contributed by atoms with Crippen molar-refractivity contribution < 1.29 is 19.4 Å². The Morgan fingerprint density at radius 3 is 2.70 bits per heavy atom. The number of hydrogen-bond acceptors (Lipinski definition) is 5. The maximum atomic E-state index is 12.6. The van der Waals surface area contributed by atoms with Crippen LogP contribution in [-0.2, 0) is 28.0 Å². The number of aryl methyl sites for hydroxylation is 1. The van der Waals surface area contributed by atoms with Gasteiger partial charge in [0, 0.05) is 29.2 Å². The largest absolute Gasteiger partial charge is 0.477 e. The molecule has 0 atom stereocenters. The summed E-state index contributed by atoms with van der Waals surface area (Å²) in [5.74, 6) is -0.990. The van der Waals surface area contributed by atoms with E-state index in [4.69, 9.17) is 4.74 Å². The second-order valence-electron chi connectivity index (χ2n) is 7.10. The number of hydrogen-bond donors (Lipinski definition) is 3. The molecule has 1 amide bonds. The number of H-pyrrole nitrogens is 2. The van der Waals surface area contributed by atoms with Crippen LogP contribution in [-0.4, -0.2) is 51.8 Å². The lowest BCUT2D eigenvalue weighted by molar-refractivity contribution is -0.139. The minimum atomic E-state index is -0.913. The summed E-state index contributed by atoms with van der Waals surface area (Å²) in [5, 5.41) is 14.5. The van der Waals surface area contributed by atoms with E-state index in [-0.39, 0.29) is 17.9 Å². The summed E-state index contributed by atoms with van der Waals surface area (Å²) in [4.78, 5) is 38.8. The number of aromatic amines is 2. The molecule has 4 heterocycles. The number of ether oxygens (including phenoxy) is 1. The number of rotatable bonds is 3. The second-order valence-corrected chi connectivity index (χ2v) is 8.16. The van der Waals surface area contributed by atoms with Crippen LogP contribution in [0.2, 0.25) is 0 Å². The molecule has 0 unspecified atom stereocenters. The van der Waals surface area contributed by atoms with E-state index in [0.29, 0.717) is 48.7 Å². The molecular weight excluding hydrogens is 370 g/mol. The van der Waals surface area contributed by atoms with Crippen molar-refractivity contribution in [1.29, 1.82) is 0 Å². The van der Waals surface area contributed by atoms with Crippen molar-refractivity contribution in [2.75, 3.05) is 19.7 Å². The van der Waals surface area contributed by atoms with Crippen molar-refractivity contribution in [3.8, 4) is 0 Å². The van der Waals surface area contributed by atoms with Crippen molar-refractivity contribution in [3.63, 3.8) is 0 Å². The van der Waals surface area contributed by atoms with E-state index in [1.165, 1.54) is 11.3 Å². The number of likely N-dealkylation sites (tertiary alicyclic amines) is 1. The normalized spacial score (nSPS) is 18.5. The number of aromatic nitrogens is 2. The number of amides is 1. The zero-order valence-corrected chi connectivity index (χ0v) is 15.8. The Balaban J connectivity index is 1.49. The van der Waals surface area contributed by atoms with E-state index in [1.807, 2.05) is 0 Å². The van der Waals surface area contributed by atoms with Crippen LogP contribution in [0.25, 0.3) is 0 Å². The highest BCUT2D eigenvalue weighted by atomic mass is 32.1. The van der Waals surface area contributed by atoms with E-state index >= 15 is 0 Å². The predicted molar refractivity (Wildman–Crippen MR) is 98.3 cm³/mol. The molecule has 0 saturated carbocycles. The van der Waals surface area contributed by atoms with Gasteiger partial charge in [0.05, 0.1) is 13.0 Å². The highest BCUT2D eigenvalue weighted by Crippen LogP contribution is 2.45. The fourth-order valence-corrected chi connectivity index (χ4v) is 5.21. The Morgan fingerprint density at radius 2 is 2.07 bits per heavy atom. The topological polar surface area (TPSA) is 115 Å². The van der Waals surface area contributed by atoms with Gasteiger partial charge in [0.1, 0.15) is 10.5 Å². The molecule has 0 radical (unpaired) electrons. The third kappa shape index (κ3) is 3.10. The molecule has 9 heteroatoms. The first-order chi connectivity index (χ1) is 12.9. The summed E-state index contributed by atoms with van der Waals surface area (Å²) in [6.45, 7) is 3.38. The fraction of sp³-hybridized carbons (Fsp3) is 0.500. The first-order valence-corrected chi connectivity index (χ1v) is 9.75. The maximum Gasteiger partial charge on any atom is 0.345 e. The molecule has 1 saturated heterocycles. The van der Waals surface area contributed by atoms with Crippen molar-refractivity contribution in [2.24, 2.45) is 0 Å². The first kappa shape index (κ1) is 18.0. The summed E-state index contributed by atoms with van der Waals surface area (Å²) < 4.78 is 6.12. The van der Waals surface area contributed by atoms with Gasteiger partial charge in [0.25, 0.3) is 5.56 Å². The number of nitrogens with one attached hydrogen (secondary N) is 2. The Bertz CT molecular complexity index is 949. The molecular formula is C18H21N3O5S. The first-order valence-electron chi connectivity index (χ1n) is 8.94. The van der Waals surface area contributed by atoms with Gasteiger partial charge in [-0.05, 0) is 37.8 Å². The van der Waals surface area contributed by atoms with Gasteiger partial charge in [0.15, 0.2) is 0 Å². The Kier molecular flexibility index (Phi) is 4.43. The lowest BCUT2D eigenvalue weighted by atomic mass is 9.85. The number of aromatic carboxylic acids is 1. The van der Waals surface area contributed by atoms with E-state index in [9.17, 15) is 19.5 Å². The van der Waals surface area contributed by atoms with Crippen LogP contribution in [0, 0.1) is 6.92 Å². The predicted octanol–water partition coefficient (Wildman–Crippen LogP) is 1.40. The summed E-state index contributed by atoms with van der Waals surface area (Å²) in [5.41, 5.74) is 1.46. The molecule has 2 aromatic rings. The number of carboxylic acid groups (broad SMARTS) is 1. The Morgan fingerprint density at radius 1 is 1.33 bits per heavy atom. The highest BCUT2D eigenvalue weighted by molar-refractivity contribution is 7.14. The van der Waals surface area contributed by atoms with E-state index < -0.39 is 11.6 Å². The quantitative estimate of drug-likeness (QED) is 0.732. The number of nitrogens with zero attached hydrogens (tertiary/aromatic N) is 1. The molecule has 2 aliphatic heterocycles. The zero-order chi connectivity index (χ0) is 19.2. The van der Waals surface area contributed by atoms with Gasteiger partial charge in [-0.2, -0.15) is 0 Å². The minimum absolute atomic E-state index is 0.0753. The van der Waals surface area contributed by atoms with Gasteiger partial charge in [0.2, 0.25) is 5.91 Å². The maximum absolute atomic E-state index is 12.6. The molecule has 0 bridgehead atoms. The molecule has 3 N–H and O–H groups in total. The lowest BCUT2D eigenvalue weighted by Gasteiger charge is -2.43. The van der Waals surface area contributed by atoms with Crippen molar-refractivity contribution in [1.82, 2.24) is 15.1 Å². The Labute approximate surface area is 159 Å². The number of carbonyl (C=O) groups excluding carboxylic acids is 1. The number of carbonyl (C=O) groups is 2. The van der Waals surface area contributed by atoms with Crippen LogP contribution >= 0.6 is 11.3 Å². The standard InChI is InChI=1S/C18H21N3O5S/c1-10-12(16(23)20-19-10)9-14(22)21-5-3-18(4-6-21)15-11(2-7-26-18)8-13(27-15)17(24)25/h8H,2-7,9H2,1H3,(H,24,25)(H2,19,20,23). The molecule has 1 fully saturated rings. The summed E-state index contributed by atoms with van der Waals surface area (Å²) in [6.07, 6.45) is 2.06. The molecule has 0 aromatic carbocycles. The summed E-state index contributed by atoms with van der Waals surface area (Å²) in [6, 6.07) is 1.76. The number of carboxylic acids is 1. The molecule has 1 spiro atoms. The monoisotopic (exact) mass is 391 g/mol. The molecule has 4 rings (SSSR count). The van der Waals surface area contributed by atoms with E-state index in [0.717, 1.165) is 16.9 Å². The third-order valence-electron chi connectivity index (χ3n) is 5.53. The number of fused-ring (bicyclic) bond motifs is 2. The average molecular weight is 391 g/mol. The molecule has 27 heavy (non-hydrogen) atoms. The van der Waals surface area contributed by atoms with E-state index in [1.54, 1.807) is 17.9 Å². The van der Waals surface area contributed by atoms with Gasteiger partial charge in [-0.1, -0.05) is 0 Å².